The lowest BCUT2D eigenvalue weighted by Gasteiger charge is -1.99. The van der Waals surface area contributed by atoms with Gasteiger partial charge in [0.05, 0.1) is 11.4 Å². The average molecular weight is 192 g/mol. The van der Waals surface area contributed by atoms with Crippen molar-refractivity contribution in [2.75, 3.05) is 0 Å². The van der Waals surface area contributed by atoms with Crippen LogP contribution < -0.4 is 0 Å². The second-order valence-corrected chi connectivity index (χ2v) is 2.70. The fraction of sp³-hybridized carbons (Fsp3) is 0.417. The molecule has 0 aliphatic heterocycles. The van der Waals surface area contributed by atoms with Crippen molar-refractivity contribution in [1.82, 2.24) is 4.57 Å². The van der Waals surface area contributed by atoms with Gasteiger partial charge in [0.25, 0.3) is 0 Å². The Morgan fingerprint density at radius 1 is 1.43 bits per heavy atom. The van der Waals surface area contributed by atoms with Crippen LogP contribution in [0.25, 0.3) is 0 Å². The van der Waals surface area contributed by atoms with E-state index < -0.39 is 0 Å². The molecule has 14 heavy (non-hydrogen) atoms. The third kappa shape index (κ3) is 3.60. The molecular formula is C12H20N2. The Bertz CT molecular complexity index is 306. The highest BCUT2D eigenvalue weighted by Gasteiger charge is 1.98. The van der Waals surface area contributed by atoms with E-state index in [1.54, 1.807) is 0 Å². The minimum atomic E-state index is 1.04. The summed E-state index contributed by atoms with van der Waals surface area (Å²) in [6.07, 6.45) is 5.75. The van der Waals surface area contributed by atoms with Crippen molar-refractivity contribution >= 4 is 5.71 Å². The zero-order valence-corrected chi connectivity index (χ0v) is 9.78. The highest BCUT2D eigenvalue weighted by atomic mass is 14.9. The SMILES string of the molecule is C/C=C\N=C(C)c1cccn1C.CC. The van der Waals surface area contributed by atoms with Crippen LogP contribution in [-0.2, 0) is 7.05 Å². The molecule has 0 radical (unpaired) electrons. The molecule has 0 spiro atoms. The van der Waals surface area contributed by atoms with Crippen LogP contribution in [0, 0.1) is 0 Å². The van der Waals surface area contributed by atoms with Gasteiger partial charge in [0, 0.05) is 19.4 Å². The number of aryl methyl sites for hydroxylation is 1. The molecule has 0 aliphatic rings. The molecule has 0 saturated heterocycles. The topological polar surface area (TPSA) is 17.3 Å². The van der Waals surface area contributed by atoms with Crippen LogP contribution in [0.4, 0.5) is 0 Å². The van der Waals surface area contributed by atoms with Crippen molar-refractivity contribution in [3.8, 4) is 0 Å². The van der Waals surface area contributed by atoms with E-state index in [-0.39, 0.29) is 0 Å². The fourth-order valence-corrected chi connectivity index (χ4v) is 1.09. The predicted octanol–water partition coefficient (Wildman–Crippen LogP) is 3.39. The molecular weight excluding hydrogens is 172 g/mol. The molecule has 0 amide bonds. The van der Waals surface area contributed by atoms with Crippen molar-refractivity contribution in [3.63, 3.8) is 0 Å². The Morgan fingerprint density at radius 3 is 2.50 bits per heavy atom. The molecule has 0 aliphatic carbocycles. The van der Waals surface area contributed by atoms with Gasteiger partial charge in [0.15, 0.2) is 0 Å². The number of aromatic nitrogens is 1. The van der Waals surface area contributed by atoms with E-state index in [0.717, 1.165) is 11.4 Å². The van der Waals surface area contributed by atoms with Gasteiger partial charge in [-0.05, 0) is 26.0 Å². The summed E-state index contributed by atoms with van der Waals surface area (Å²) < 4.78 is 2.06. The second-order valence-electron chi connectivity index (χ2n) is 2.70. The molecule has 0 bridgehead atoms. The van der Waals surface area contributed by atoms with E-state index in [2.05, 4.69) is 15.6 Å². The van der Waals surface area contributed by atoms with Crippen LogP contribution in [-0.4, -0.2) is 10.3 Å². The van der Waals surface area contributed by atoms with Crippen molar-refractivity contribution in [2.45, 2.75) is 27.7 Å². The summed E-state index contributed by atoms with van der Waals surface area (Å²) in [5.74, 6) is 0. The Labute approximate surface area is 87.0 Å². The van der Waals surface area contributed by atoms with E-state index >= 15 is 0 Å². The molecule has 78 valence electrons. The van der Waals surface area contributed by atoms with Crippen LogP contribution in [0.5, 0.6) is 0 Å². The van der Waals surface area contributed by atoms with E-state index in [4.69, 9.17) is 0 Å². The highest BCUT2D eigenvalue weighted by molar-refractivity contribution is 5.97. The predicted molar refractivity (Wildman–Crippen MR) is 63.8 cm³/mol. The Morgan fingerprint density at radius 2 is 2.07 bits per heavy atom. The molecule has 0 aromatic carbocycles. The minimum Gasteiger partial charge on any atom is -0.350 e. The average Bonchev–Trinajstić information content (AvgIpc) is 2.64. The van der Waals surface area contributed by atoms with Gasteiger partial charge >= 0.3 is 0 Å². The quantitative estimate of drug-likeness (QED) is 0.639. The monoisotopic (exact) mass is 192 g/mol. The zero-order valence-electron chi connectivity index (χ0n) is 9.78. The summed E-state index contributed by atoms with van der Waals surface area (Å²) in [5.41, 5.74) is 2.20. The number of rotatable bonds is 2. The first kappa shape index (κ1) is 12.7. The number of allylic oxidation sites excluding steroid dienone is 1. The van der Waals surface area contributed by atoms with Crippen molar-refractivity contribution < 1.29 is 0 Å². The summed E-state index contributed by atoms with van der Waals surface area (Å²) in [7, 11) is 2.02. The molecule has 2 nitrogen and oxygen atoms in total. The smallest absolute Gasteiger partial charge is 0.0619 e. The van der Waals surface area contributed by atoms with Crippen LogP contribution in [0.2, 0.25) is 0 Å². The summed E-state index contributed by atoms with van der Waals surface area (Å²) in [5, 5.41) is 0. The van der Waals surface area contributed by atoms with Gasteiger partial charge in [-0.1, -0.05) is 19.9 Å². The first-order chi connectivity index (χ1) is 6.75. The molecule has 1 heterocycles. The van der Waals surface area contributed by atoms with Crippen LogP contribution >= 0.6 is 0 Å². The molecule has 0 N–H and O–H groups in total. The number of hydrogen-bond donors (Lipinski definition) is 0. The molecule has 0 fully saturated rings. The molecule has 0 saturated carbocycles. The number of hydrogen-bond acceptors (Lipinski definition) is 1. The normalized spacial score (nSPS) is 11.4. The molecule has 0 unspecified atom stereocenters. The van der Waals surface area contributed by atoms with Gasteiger partial charge in [-0.15, -0.1) is 0 Å². The molecule has 2 heteroatoms. The van der Waals surface area contributed by atoms with E-state index in [0.29, 0.717) is 0 Å². The molecule has 1 aromatic heterocycles. The maximum atomic E-state index is 4.26. The summed E-state index contributed by atoms with van der Waals surface area (Å²) >= 11 is 0. The highest BCUT2D eigenvalue weighted by Crippen LogP contribution is 2.01. The first-order valence-corrected chi connectivity index (χ1v) is 5.03. The van der Waals surface area contributed by atoms with E-state index in [1.165, 1.54) is 0 Å². The summed E-state index contributed by atoms with van der Waals surface area (Å²) in [6.45, 7) is 7.97. The molecule has 1 aromatic rings. The maximum Gasteiger partial charge on any atom is 0.0619 e. The third-order valence-electron chi connectivity index (χ3n) is 1.73. The fourth-order valence-electron chi connectivity index (χ4n) is 1.09. The zero-order chi connectivity index (χ0) is 11.0. The lowest BCUT2D eigenvalue weighted by atomic mass is 10.3. The Kier molecular flexibility index (Phi) is 6.46. The Balaban J connectivity index is 0.000000791. The minimum absolute atomic E-state index is 1.04. The van der Waals surface area contributed by atoms with Crippen molar-refractivity contribution in [3.05, 3.63) is 36.3 Å². The van der Waals surface area contributed by atoms with Crippen LogP contribution in [0.15, 0.2) is 35.6 Å². The number of aliphatic imine (C=N–C) groups is 1. The largest absolute Gasteiger partial charge is 0.350 e. The third-order valence-corrected chi connectivity index (χ3v) is 1.73. The molecule has 0 atom stereocenters. The second kappa shape index (κ2) is 7.13. The van der Waals surface area contributed by atoms with Gasteiger partial charge in [-0.25, -0.2) is 0 Å². The summed E-state index contributed by atoms with van der Waals surface area (Å²) in [6, 6.07) is 4.08. The molecule has 1 rings (SSSR count). The van der Waals surface area contributed by atoms with Crippen molar-refractivity contribution in [1.29, 1.82) is 0 Å². The van der Waals surface area contributed by atoms with Crippen LogP contribution in [0.3, 0.4) is 0 Å². The first-order valence-electron chi connectivity index (χ1n) is 5.03. The van der Waals surface area contributed by atoms with Gasteiger partial charge in [-0.3, -0.25) is 4.99 Å². The maximum absolute atomic E-state index is 4.26. The lowest BCUT2D eigenvalue weighted by Crippen LogP contribution is -2.01. The van der Waals surface area contributed by atoms with Gasteiger partial charge in [0.1, 0.15) is 0 Å². The van der Waals surface area contributed by atoms with E-state index in [1.807, 2.05) is 59.3 Å². The summed E-state index contributed by atoms with van der Waals surface area (Å²) in [4.78, 5) is 4.26. The van der Waals surface area contributed by atoms with Crippen molar-refractivity contribution in [2.24, 2.45) is 12.0 Å². The van der Waals surface area contributed by atoms with Crippen LogP contribution in [0.1, 0.15) is 33.4 Å². The van der Waals surface area contributed by atoms with Gasteiger partial charge < -0.3 is 4.57 Å². The van der Waals surface area contributed by atoms with E-state index in [9.17, 15) is 0 Å². The van der Waals surface area contributed by atoms with Gasteiger partial charge in [0.2, 0.25) is 0 Å². The number of nitrogens with zero attached hydrogens (tertiary/aromatic N) is 2. The Hall–Kier alpha value is -1.31. The van der Waals surface area contributed by atoms with Gasteiger partial charge in [-0.2, -0.15) is 0 Å². The lowest BCUT2D eigenvalue weighted by molar-refractivity contribution is 0.913. The standard InChI is InChI=1S/C10H14N2.C2H6/c1-4-7-11-9(2)10-6-5-8-12(10)3;1-2/h4-8H,1-3H3;1-2H3/b7-4-,11-9?;.